The Balaban J connectivity index is 1.79. The molecule has 14 heavy (non-hydrogen) atoms. The molecule has 0 aliphatic carbocycles. The molecule has 4 nitrogen and oxygen atoms in total. The van der Waals surface area contributed by atoms with E-state index < -0.39 is 0 Å². The molecule has 0 atom stereocenters. The van der Waals surface area contributed by atoms with Gasteiger partial charge in [0, 0.05) is 31.3 Å². The normalized spacial score (nSPS) is 10.0. The highest BCUT2D eigenvalue weighted by Crippen LogP contribution is 1.99. The first-order valence-corrected chi connectivity index (χ1v) is 4.57. The summed E-state index contributed by atoms with van der Waals surface area (Å²) in [4.78, 5) is 11.0. The van der Waals surface area contributed by atoms with E-state index in [1.807, 2.05) is 24.5 Å². The maximum atomic E-state index is 4.07. The third-order valence-corrected chi connectivity index (χ3v) is 1.95. The fraction of sp³-hybridized carbons (Fsp3) is 0.200. The van der Waals surface area contributed by atoms with Gasteiger partial charge in [-0.25, -0.2) is 4.98 Å². The molecule has 0 saturated heterocycles. The standard InChI is InChI=1S/C10H12N4/c1-4-11-5-2-9(1)3-6-12-10-13-7-8-14-10/h1-2,4-5,7-8H,3,6H2,(H2,12,13,14). The molecule has 0 aromatic carbocycles. The molecule has 4 heteroatoms. The zero-order valence-electron chi connectivity index (χ0n) is 7.77. The second-order valence-electron chi connectivity index (χ2n) is 2.97. The number of rotatable bonds is 4. The average molecular weight is 188 g/mol. The van der Waals surface area contributed by atoms with Crippen molar-refractivity contribution in [1.82, 2.24) is 15.0 Å². The molecule has 2 aromatic heterocycles. The molecule has 2 aromatic rings. The van der Waals surface area contributed by atoms with E-state index in [-0.39, 0.29) is 0 Å². The summed E-state index contributed by atoms with van der Waals surface area (Å²) in [6, 6.07) is 4.04. The van der Waals surface area contributed by atoms with Crippen LogP contribution in [0.2, 0.25) is 0 Å². The molecule has 0 radical (unpaired) electrons. The van der Waals surface area contributed by atoms with Gasteiger partial charge in [0.1, 0.15) is 0 Å². The zero-order valence-corrected chi connectivity index (χ0v) is 7.77. The summed E-state index contributed by atoms with van der Waals surface area (Å²) >= 11 is 0. The molecular weight excluding hydrogens is 176 g/mol. The van der Waals surface area contributed by atoms with Gasteiger partial charge in [-0.1, -0.05) is 0 Å². The van der Waals surface area contributed by atoms with E-state index in [9.17, 15) is 0 Å². The van der Waals surface area contributed by atoms with Crippen molar-refractivity contribution in [3.63, 3.8) is 0 Å². The van der Waals surface area contributed by atoms with Crippen LogP contribution in [0.3, 0.4) is 0 Å². The van der Waals surface area contributed by atoms with Gasteiger partial charge >= 0.3 is 0 Å². The van der Waals surface area contributed by atoms with Crippen molar-refractivity contribution in [2.24, 2.45) is 0 Å². The number of pyridine rings is 1. The molecule has 0 fully saturated rings. The van der Waals surface area contributed by atoms with Crippen molar-refractivity contribution >= 4 is 5.95 Å². The van der Waals surface area contributed by atoms with Crippen LogP contribution in [0.4, 0.5) is 5.95 Å². The average Bonchev–Trinajstić information content (AvgIpc) is 2.72. The monoisotopic (exact) mass is 188 g/mol. The molecule has 0 saturated carbocycles. The van der Waals surface area contributed by atoms with Gasteiger partial charge in [-0.05, 0) is 24.1 Å². The van der Waals surface area contributed by atoms with Crippen LogP contribution in [0.15, 0.2) is 36.9 Å². The maximum absolute atomic E-state index is 4.07. The molecule has 0 aliphatic heterocycles. The van der Waals surface area contributed by atoms with E-state index in [4.69, 9.17) is 0 Å². The fourth-order valence-electron chi connectivity index (χ4n) is 1.24. The SMILES string of the molecule is c1cc(CCNc2ncc[nH]2)ccn1. The summed E-state index contributed by atoms with van der Waals surface area (Å²) in [6.07, 6.45) is 8.12. The van der Waals surface area contributed by atoms with Gasteiger partial charge < -0.3 is 10.3 Å². The van der Waals surface area contributed by atoms with Gasteiger partial charge in [-0.2, -0.15) is 0 Å². The lowest BCUT2D eigenvalue weighted by molar-refractivity contribution is 0.992. The predicted molar refractivity (Wildman–Crippen MR) is 55.0 cm³/mol. The fourth-order valence-corrected chi connectivity index (χ4v) is 1.24. The number of aromatic nitrogens is 3. The van der Waals surface area contributed by atoms with Gasteiger partial charge in [0.15, 0.2) is 5.95 Å². The molecule has 0 bridgehead atoms. The van der Waals surface area contributed by atoms with E-state index >= 15 is 0 Å². The number of imidazole rings is 1. The van der Waals surface area contributed by atoms with Crippen molar-refractivity contribution in [2.75, 3.05) is 11.9 Å². The largest absolute Gasteiger partial charge is 0.355 e. The van der Waals surface area contributed by atoms with Crippen molar-refractivity contribution in [1.29, 1.82) is 0 Å². The van der Waals surface area contributed by atoms with Gasteiger partial charge in [-0.15, -0.1) is 0 Å². The minimum absolute atomic E-state index is 0.819. The van der Waals surface area contributed by atoms with E-state index in [2.05, 4.69) is 20.3 Å². The lowest BCUT2D eigenvalue weighted by Crippen LogP contribution is -2.05. The third kappa shape index (κ3) is 2.32. The lowest BCUT2D eigenvalue weighted by atomic mass is 10.2. The number of aromatic amines is 1. The van der Waals surface area contributed by atoms with Gasteiger partial charge in [-0.3, -0.25) is 4.98 Å². The second-order valence-corrected chi connectivity index (χ2v) is 2.97. The minimum Gasteiger partial charge on any atom is -0.355 e. The topological polar surface area (TPSA) is 53.6 Å². The van der Waals surface area contributed by atoms with Gasteiger partial charge in [0.2, 0.25) is 0 Å². The Bertz CT molecular complexity index is 355. The first-order chi connectivity index (χ1) is 6.95. The van der Waals surface area contributed by atoms with Crippen molar-refractivity contribution in [3.8, 4) is 0 Å². The smallest absolute Gasteiger partial charge is 0.200 e. The number of hydrogen-bond donors (Lipinski definition) is 2. The summed E-state index contributed by atoms with van der Waals surface area (Å²) in [6.45, 7) is 0.873. The molecule has 2 N–H and O–H groups in total. The third-order valence-electron chi connectivity index (χ3n) is 1.95. The number of H-pyrrole nitrogens is 1. The molecular formula is C10H12N4. The Hall–Kier alpha value is -1.84. The Morgan fingerprint density at radius 2 is 2.07 bits per heavy atom. The van der Waals surface area contributed by atoms with Crippen LogP contribution >= 0.6 is 0 Å². The van der Waals surface area contributed by atoms with Gasteiger partial charge in [0.25, 0.3) is 0 Å². The number of nitrogens with one attached hydrogen (secondary N) is 2. The van der Waals surface area contributed by atoms with Crippen LogP contribution in [0, 0.1) is 0 Å². The summed E-state index contributed by atoms with van der Waals surface area (Å²) in [5.74, 6) is 0.819. The van der Waals surface area contributed by atoms with Crippen LogP contribution in [-0.2, 0) is 6.42 Å². The summed E-state index contributed by atoms with van der Waals surface area (Å²) in [7, 11) is 0. The van der Waals surface area contributed by atoms with E-state index in [1.165, 1.54) is 5.56 Å². The minimum atomic E-state index is 0.819. The van der Waals surface area contributed by atoms with Gasteiger partial charge in [0.05, 0.1) is 0 Å². The quantitative estimate of drug-likeness (QED) is 0.763. The Kier molecular flexibility index (Phi) is 2.76. The second kappa shape index (κ2) is 4.41. The predicted octanol–water partition coefficient (Wildman–Crippen LogP) is 1.46. The van der Waals surface area contributed by atoms with E-state index in [1.54, 1.807) is 12.4 Å². The van der Waals surface area contributed by atoms with E-state index in [0.717, 1.165) is 18.9 Å². The van der Waals surface area contributed by atoms with Crippen molar-refractivity contribution in [3.05, 3.63) is 42.5 Å². The number of anilines is 1. The highest BCUT2D eigenvalue weighted by Gasteiger charge is 1.93. The molecule has 0 spiro atoms. The van der Waals surface area contributed by atoms with Crippen LogP contribution in [0.25, 0.3) is 0 Å². The Morgan fingerprint density at radius 1 is 1.21 bits per heavy atom. The summed E-state index contributed by atoms with van der Waals surface area (Å²) in [5, 5.41) is 3.19. The molecule has 2 heterocycles. The Labute approximate surface area is 82.4 Å². The summed E-state index contributed by atoms with van der Waals surface area (Å²) < 4.78 is 0. The molecule has 72 valence electrons. The molecule has 0 aliphatic rings. The maximum Gasteiger partial charge on any atom is 0.200 e. The van der Waals surface area contributed by atoms with Crippen molar-refractivity contribution in [2.45, 2.75) is 6.42 Å². The number of hydrogen-bond acceptors (Lipinski definition) is 3. The highest BCUT2D eigenvalue weighted by atomic mass is 15.1. The van der Waals surface area contributed by atoms with Crippen LogP contribution in [0.5, 0.6) is 0 Å². The molecule has 0 unspecified atom stereocenters. The number of nitrogens with zero attached hydrogens (tertiary/aromatic N) is 2. The lowest BCUT2D eigenvalue weighted by Gasteiger charge is -2.02. The molecule has 0 amide bonds. The van der Waals surface area contributed by atoms with Crippen LogP contribution in [-0.4, -0.2) is 21.5 Å². The van der Waals surface area contributed by atoms with Crippen LogP contribution < -0.4 is 5.32 Å². The van der Waals surface area contributed by atoms with E-state index in [0.29, 0.717) is 0 Å². The first kappa shape index (κ1) is 8.74. The first-order valence-electron chi connectivity index (χ1n) is 4.57. The molecule has 2 rings (SSSR count). The van der Waals surface area contributed by atoms with Crippen LogP contribution in [0.1, 0.15) is 5.56 Å². The summed E-state index contributed by atoms with van der Waals surface area (Å²) in [5.41, 5.74) is 1.28. The zero-order chi connectivity index (χ0) is 9.64. The highest BCUT2D eigenvalue weighted by molar-refractivity contribution is 5.23. The van der Waals surface area contributed by atoms with Crippen molar-refractivity contribution < 1.29 is 0 Å². The Morgan fingerprint density at radius 3 is 2.79 bits per heavy atom.